The summed E-state index contributed by atoms with van der Waals surface area (Å²) in [6.07, 6.45) is 3.72. The molecule has 3 aromatic rings. The van der Waals surface area contributed by atoms with E-state index in [4.69, 9.17) is 0 Å². The second kappa shape index (κ2) is 6.45. The molecule has 1 amide bonds. The molecule has 4 rings (SSSR count). The molecule has 0 unspecified atom stereocenters. The van der Waals surface area contributed by atoms with Crippen molar-refractivity contribution in [1.29, 1.82) is 0 Å². The Labute approximate surface area is 147 Å². The Kier molecular flexibility index (Phi) is 4.15. The van der Waals surface area contributed by atoms with E-state index in [-0.39, 0.29) is 11.8 Å². The lowest BCUT2D eigenvalue weighted by Crippen LogP contribution is -2.39. The van der Waals surface area contributed by atoms with E-state index in [0.717, 1.165) is 35.8 Å². The molecule has 0 saturated carbocycles. The van der Waals surface area contributed by atoms with E-state index >= 15 is 0 Å². The maximum absolute atomic E-state index is 12.8. The number of hydrogen-bond acceptors (Lipinski definition) is 6. The van der Waals surface area contributed by atoms with Gasteiger partial charge in [-0.25, -0.2) is 4.98 Å². The number of nitrogens with zero attached hydrogens (tertiary/aromatic N) is 5. The first-order valence-corrected chi connectivity index (χ1v) is 9.66. The Morgan fingerprint density at radius 3 is 3.04 bits per heavy atom. The Morgan fingerprint density at radius 1 is 1.38 bits per heavy atom. The molecule has 1 aliphatic heterocycles. The van der Waals surface area contributed by atoms with Gasteiger partial charge >= 0.3 is 0 Å². The summed E-state index contributed by atoms with van der Waals surface area (Å²) in [5.74, 6) is 1.20. The van der Waals surface area contributed by atoms with Gasteiger partial charge < -0.3 is 9.47 Å². The van der Waals surface area contributed by atoms with Gasteiger partial charge in [-0.2, -0.15) is 11.3 Å². The van der Waals surface area contributed by atoms with Gasteiger partial charge in [-0.15, -0.1) is 21.5 Å². The number of aromatic nitrogens is 4. The number of carbonyl (C=O) groups is 1. The number of amides is 1. The van der Waals surface area contributed by atoms with Crippen LogP contribution in [-0.2, 0) is 7.05 Å². The molecule has 0 radical (unpaired) electrons. The fourth-order valence-electron chi connectivity index (χ4n) is 3.09. The number of piperidine rings is 1. The average molecular weight is 359 g/mol. The molecule has 1 fully saturated rings. The smallest absolute Gasteiger partial charge is 0.273 e. The maximum Gasteiger partial charge on any atom is 0.273 e. The zero-order chi connectivity index (χ0) is 16.5. The molecule has 1 saturated heterocycles. The number of hydrogen-bond donors (Lipinski definition) is 0. The fourth-order valence-corrected chi connectivity index (χ4v) is 4.59. The van der Waals surface area contributed by atoms with Crippen LogP contribution >= 0.6 is 22.7 Å². The number of thiazole rings is 1. The molecule has 3 aromatic heterocycles. The van der Waals surface area contributed by atoms with Crippen LogP contribution in [0.25, 0.3) is 10.6 Å². The van der Waals surface area contributed by atoms with E-state index in [1.54, 1.807) is 17.7 Å². The summed E-state index contributed by atoms with van der Waals surface area (Å²) >= 11 is 3.16. The van der Waals surface area contributed by atoms with Crippen molar-refractivity contribution in [3.05, 3.63) is 40.1 Å². The molecule has 124 valence electrons. The molecular formula is C16H17N5OS2. The highest BCUT2D eigenvalue weighted by atomic mass is 32.1. The van der Waals surface area contributed by atoms with Crippen LogP contribution in [0.2, 0.25) is 0 Å². The van der Waals surface area contributed by atoms with Crippen molar-refractivity contribution < 1.29 is 4.79 Å². The first-order chi connectivity index (χ1) is 11.7. The van der Waals surface area contributed by atoms with Crippen LogP contribution in [0.15, 0.2) is 28.5 Å². The number of carbonyl (C=O) groups excluding carboxylic acids is 1. The molecule has 0 spiro atoms. The molecule has 8 heteroatoms. The Balaban J connectivity index is 1.51. The van der Waals surface area contributed by atoms with Crippen molar-refractivity contribution in [1.82, 2.24) is 24.6 Å². The highest BCUT2D eigenvalue weighted by Crippen LogP contribution is 2.29. The lowest BCUT2D eigenvalue weighted by atomic mass is 9.97. The lowest BCUT2D eigenvalue weighted by molar-refractivity contribution is 0.0698. The van der Waals surface area contributed by atoms with Crippen LogP contribution in [0, 0.1) is 0 Å². The van der Waals surface area contributed by atoms with Crippen molar-refractivity contribution in [3.8, 4) is 10.6 Å². The highest BCUT2D eigenvalue weighted by Gasteiger charge is 2.29. The van der Waals surface area contributed by atoms with E-state index in [2.05, 4.69) is 20.6 Å². The summed E-state index contributed by atoms with van der Waals surface area (Å²) in [7, 11) is 1.95. The molecular weight excluding hydrogens is 342 g/mol. The number of thiophene rings is 1. The molecule has 24 heavy (non-hydrogen) atoms. The second-order valence-electron chi connectivity index (χ2n) is 5.94. The van der Waals surface area contributed by atoms with Gasteiger partial charge in [0.1, 0.15) is 22.9 Å². The van der Waals surface area contributed by atoms with Crippen molar-refractivity contribution in [2.45, 2.75) is 18.8 Å². The first kappa shape index (κ1) is 15.5. The summed E-state index contributed by atoms with van der Waals surface area (Å²) in [6, 6.07) is 2.03. The van der Waals surface area contributed by atoms with Gasteiger partial charge in [-0.3, -0.25) is 4.79 Å². The van der Waals surface area contributed by atoms with Crippen molar-refractivity contribution >= 4 is 28.6 Å². The van der Waals surface area contributed by atoms with Gasteiger partial charge in [-0.05, 0) is 24.3 Å². The lowest BCUT2D eigenvalue weighted by Gasteiger charge is -2.31. The zero-order valence-corrected chi connectivity index (χ0v) is 14.9. The van der Waals surface area contributed by atoms with Crippen LogP contribution in [-0.4, -0.2) is 43.6 Å². The minimum atomic E-state index is 0.0135. The number of aryl methyl sites for hydroxylation is 1. The Hall–Kier alpha value is -2.06. The zero-order valence-electron chi connectivity index (χ0n) is 13.3. The molecule has 1 atom stereocenters. The highest BCUT2D eigenvalue weighted by molar-refractivity contribution is 7.14. The molecule has 0 N–H and O–H groups in total. The third-order valence-corrected chi connectivity index (χ3v) is 5.89. The third kappa shape index (κ3) is 2.87. The van der Waals surface area contributed by atoms with Gasteiger partial charge in [0.05, 0.1) is 0 Å². The van der Waals surface area contributed by atoms with E-state index in [1.165, 1.54) is 11.3 Å². The SMILES string of the molecule is Cn1cnnc1[C@@H]1CCCN(C(=O)c2csc(-c3ccsc3)n2)C1. The summed E-state index contributed by atoms with van der Waals surface area (Å²) in [6.45, 7) is 1.45. The Bertz CT molecular complexity index is 838. The van der Waals surface area contributed by atoms with E-state index in [0.29, 0.717) is 12.2 Å². The van der Waals surface area contributed by atoms with Gasteiger partial charge in [0.2, 0.25) is 0 Å². The van der Waals surface area contributed by atoms with Gasteiger partial charge in [0, 0.05) is 42.4 Å². The maximum atomic E-state index is 12.8. The first-order valence-electron chi connectivity index (χ1n) is 7.83. The topological polar surface area (TPSA) is 63.9 Å². The summed E-state index contributed by atoms with van der Waals surface area (Å²) in [5, 5.41) is 15.0. The largest absolute Gasteiger partial charge is 0.337 e. The molecule has 0 bridgehead atoms. The monoisotopic (exact) mass is 359 g/mol. The summed E-state index contributed by atoms with van der Waals surface area (Å²) in [4.78, 5) is 19.2. The van der Waals surface area contributed by atoms with Crippen LogP contribution in [0.4, 0.5) is 0 Å². The Morgan fingerprint density at radius 2 is 2.29 bits per heavy atom. The third-order valence-electron chi connectivity index (χ3n) is 4.31. The number of rotatable bonds is 3. The predicted octanol–water partition coefficient (Wildman–Crippen LogP) is 3.02. The predicted molar refractivity (Wildman–Crippen MR) is 94.3 cm³/mol. The summed E-state index contributed by atoms with van der Waals surface area (Å²) in [5.41, 5.74) is 1.62. The van der Waals surface area contributed by atoms with Crippen LogP contribution in [0.1, 0.15) is 35.1 Å². The standard InChI is InChI=1S/C16H17N5OS2/c1-20-10-17-19-14(20)11-3-2-5-21(7-11)16(22)13-9-24-15(18-13)12-4-6-23-8-12/h4,6,8-11H,2-3,5,7H2,1H3/t11-/m1/s1. The van der Waals surface area contributed by atoms with Crippen LogP contribution in [0.5, 0.6) is 0 Å². The van der Waals surface area contributed by atoms with Crippen molar-refractivity contribution in [2.75, 3.05) is 13.1 Å². The van der Waals surface area contributed by atoms with Crippen LogP contribution in [0.3, 0.4) is 0 Å². The molecule has 1 aliphatic rings. The van der Waals surface area contributed by atoms with E-state index in [9.17, 15) is 4.79 Å². The molecule has 6 nitrogen and oxygen atoms in total. The average Bonchev–Trinajstić information content (AvgIpc) is 3.35. The van der Waals surface area contributed by atoms with Gasteiger partial charge in [-0.1, -0.05) is 0 Å². The van der Waals surface area contributed by atoms with E-state index in [1.807, 2.05) is 33.3 Å². The van der Waals surface area contributed by atoms with Gasteiger partial charge in [0.25, 0.3) is 5.91 Å². The quantitative estimate of drug-likeness (QED) is 0.721. The molecule has 4 heterocycles. The molecule has 0 aliphatic carbocycles. The molecule has 0 aromatic carbocycles. The van der Waals surface area contributed by atoms with Crippen molar-refractivity contribution in [2.24, 2.45) is 7.05 Å². The summed E-state index contributed by atoms with van der Waals surface area (Å²) < 4.78 is 1.94. The number of likely N-dealkylation sites (tertiary alicyclic amines) is 1. The van der Waals surface area contributed by atoms with Crippen LogP contribution < -0.4 is 0 Å². The van der Waals surface area contributed by atoms with Crippen molar-refractivity contribution in [3.63, 3.8) is 0 Å². The van der Waals surface area contributed by atoms with E-state index < -0.39 is 0 Å². The minimum absolute atomic E-state index is 0.0135. The minimum Gasteiger partial charge on any atom is -0.337 e. The normalized spacial score (nSPS) is 18.0. The second-order valence-corrected chi connectivity index (χ2v) is 7.58. The van der Waals surface area contributed by atoms with Gasteiger partial charge in [0.15, 0.2) is 0 Å². The fraction of sp³-hybridized carbons (Fsp3) is 0.375.